The van der Waals surface area contributed by atoms with Crippen molar-refractivity contribution >= 4 is 11.7 Å². The van der Waals surface area contributed by atoms with Crippen LogP contribution in [0, 0.1) is 17.2 Å². The number of likely N-dealkylation sites (tertiary alicyclic amines) is 1. The van der Waals surface area contributed by atoms with Crippen LogP contribution in [-0.2, 0) is 19.1 Å². The zero-order valence-electron chi connectivity index (χ0n) is 17.7. The van der Waals surface area contributed by atoms with Crippen LogP contribution in [0.3, 0.4) is 0 Å². The van der Waals surface area contributed by atoms with Crippen molar-refractivity contribution in [2.75, 3.05) is 24.5 Å². The number of alkyl halides is 6. The van der Waals surface area contributed by atoms with Gasteiger partial charge in [-0.05, 0) is 37.0 Å². The monoisotopic (exact) mass is 490 g/mol. The van der Waals surface area contributed by atoms with Crippen LogP contribution in [0.4, 0.5) is 36.8 Å². The molecule has 0 bridgehead atoms. The Morgan fingerprint density at radius 3 is 2.65 bits per heavy atom. The summed E-state index contributed by atoms with van der Waals surface area (Å²) in [5.74, 6) is -0.0532. The Balaban J connectivity index is 1.80. The Morgan fingerprint density at radius 2 is 2.03 bits per heavy atom. The number of hydrogen-bond donors (Lipinski definition) is 1. The minimum absolute atomic E-state index is 0.0336. The van der Waals surface area contributed by atoms with Crippen LogP contribution in [0.1, 0.15) is 35.7 Å². The van der Waals surface area contributed by atoms with Crippen molar-refractivity contribution < 1.29 is 35.7 Å². The van der Waals surface area contributed by atoms with Crippen molar-refractivity contribution in [3.63, 3.8) is 0 Å². The van der Waals surface area contributed by atoms with Gasteiger partial charge in [-0.1, -0.05) is 5.16 Å². The van der Waals surface area contributed by atoms with E-state index in [9.17, 15) is 31.1 Å². The average Bonchev–Trinajstić information content (AvgIpc) is 3.18. The van der Waals surface area contributed by atoms with Crippen LogP contribution < -0.4 is 10.6 Å². The molecule has 0 aliphatic carbocycles. The number of nitrogens with zero attached hydrogens (tertiary/aromatic N) is 5. The maximum Gasteiger partial charge on any atom is 0.417 e. The number of primary amides is 1. The Hall–Kier alpha value is -3.50. The fourth-order valence-electron chi connectivity index (χ4n) is 3.80. The molecular weight excluding hydrogens is 470 g/mol. The molecule has 184 valence electrons. The van der Waals surface area contributed by atoms with Gasteiger partial charge in [-0.3, -0.25) is 0 Å². The molecule has 2 heterocycles. The van der Waals surface area contributed by atoms with Crippen molar-refractivity contribution in [3.8, 4) is 6.07 Å². The summed E-state index contributed by atoms with van der Waals surface area (Å²) in [7, 11) is 0. The van der Waals surface area contributed by atoms with Crippen LogP contribution in [-0.4, -0.2) is 46.9 Å². The number of anilines is 1. The molecule has 34 heavy (non-hydrogen) atoms. The number of piperidine rings is 1. The van der Waals surface area contributed by atoms with E-state index in [1.54, 1.807) is 0 Å². The highest BCUT2D eigenvalue weighted by Gasteiger charge is 2.36. The number of hydrogen-bond acceptors (Lipinski definition) is 6. The second-order valence-electron chi connectivity index (χ2n) is 7.91. The molecular formula is C20H20F6N6O2. The molecule has 14 heteroatoms. The zero-order valence-corrected chi connectivity index (χ0v) is 17.7. The third kappa shape index (κ3) is 6.52. The van der Waals surface area contributed by atoms with Gasteiger partial charge in [-0.2, -0.15) is 36.6 Å². The molecule has 2 aromatic rings. The van der Waals surface area contributed by atoms with Gasteiger partial charge in [-0.15, -0.1) is 0 Å². The second-order valence-corrected chi connectivity index (χ2v) is 7.91. The molecule has 1 atom stereocenters. The van der Waals surface area contributed by atoms with Gasteiger partial charge in [-0.25, -0.2) is 4.79 Å². The molecule has 1 aromatic heterocycles. The van der Waals surface area contributed by atoms with E-state index in [0.29, 0.717) is 30.5 Å². The minimum atomic E-state index is -4.93. The molecule has 1 aliphatic rings. The van der Waals surface area contributed by atoms with Gasteiger partial charge in [0.15, 0.2) is 5.82 Å². The Labute approximate surface area is 189 Å². The standard InChI is InChI=1S/C20H20F6N6O2/c21-19(22,23)11-32(14-4-3-13(8-27)15(7-14)20(24,25)26)10-16-29-17(34-30-16)6-12-2-1-5-31(9-12)18(28)33/h3-4,7,12H,1-2,5-6,9-11H2,(H2,28,33). The van der Waals surface area contributed by atoms with E-state index >= 15 is 0 Å². The first kappa shape index (κ1) is 25.1. The van der Waals surface area contributed by atoms with Crippen LogP contribution in [0.25, 0.3) is 0 Å². The number of carbonyl (C=O) groups is 1. The maximum absolute atomic E-state index is 13.3. The number of nitrogens with two attached hydrogens (primary N) is 1. The molecule has 1 saturated heterocycles. The number of amides is 2. The Morgan fingerprint density at radius 1 is 1.29 bits per heavy atom. The van der Waals surface area contributed by atoms with E-state index in [1.807, 2.05) is 0 Å². The maximum atomic E-state index is 13.3. The summed E-state index contributed by atoms with van der Waals surface area (Å²) in [5.41, 5.74) is 2.84. The predicted octanol–water partition coefficient (Wildman–Crippen LogP) is 3.86. The topological polar surface area (TPSA) is 112 Å². The first-order valence-electron chi connectivity index (χ1n) is 10.1. The number of halogens is 6. The molecule has 1 aromatic carbocycles. The van der Waals surface area contributed by atoms with Gasteiger partial charge in [0.05, 0.1) is 23.7 Å². The minimum Gasteiger partial charge on any atom is -0.355 e. The van der Waals surface area contributed by atoms with Crippen molar-refractivity contribution in [2.45, 2.75) is 38.2 Å². The van der Waals surface area contributed by atoms with Gasteiger partial charge in [0.25, 0.3) is 0 Å². The highest BCUT2D eigenvalue weighted by molar-refractivity contribution is 5.72. The predicted molar refractivity (Wildman–Crippen MR) is 105 cm³/mol. The molecule has 0 spiro atoms. The fraction of sp³-hybridized carbons (Fsp3) is 0.500. The highest BCUT2D eigenvalue weighted by atomic mass is 19.4. The lowest BCUT2D eigenvalue weighted by atomic mass is 9.95. The van der Waals surface area contributed by atoms with Crippen molar-refractivity contribution in [2.24, 2.45) is 11.7 Å². The number of carbonyl (C=O) groups excluding carboxylic acids is 1. The summed E-state index contributed by atoms with van der Waals surface area (Å²) in [4.78, 5) is 17.5. The van der Waals surface area contributed by atoms with Crippen molar-refractivity contribution in [3.05, 3.63) is 41.0 Å². The summed E-state index contributed by atoms with van der Waals surface area (Å²) < 4.78 is 84.5. The van der Waals surface area contributed by atoms with E-state index in [1.165, 1.54) is 11.0 Å². The lowest BCUT2D eigenvalue weighted by Crippen LogP contribution is -2.43. The lowest BCUT2D eigenvalue weighted by Gasteiger charge is -2.30. The number of benzene rings is 1. The molecule has 0 saturated carbocycles. The third-order valence-corrected chi connectivity index (χ3v) is 5.30. The second kappa shape index (κ2) is 9.78. The summed E-state index contributed by atoms with van der Waals surface area (Å²) in [5, 5.41) is 12.6. The van der Waals surface area contributed by atoms with Gasteiger partial charge < -0.3 is 20.1 Å². The van der Waals surface area contributed by atoms with Gasteiger partial charge in [0.1, 0.15) is 6.54 Å². The van der Waals surface area contributed by atoms with Crippen molar-refractivity contribution in [1.29, 1.82) is 5.26 Å². The van der Waals surface area contributed by atoms with Crippen LogP contribution in [0.2, 0.25) is 0 Å². The number of nitriles is 1. The van der Waals surface area contributed by atoms with Crippen LogP contribution in [0.5, 0.6) is 0 Å². The molecule has 1 unspecified atom stereocenters. The third-order valence-electron chi connectivity index (χ3n) is 5.30. The van der Waals surface area contributed by atoms with E-state index in [0.717, 1.165) is 18.6 Å². The SMILES string of the molecule is N#Cc1ccc(N(Cc2noc(CC3CCCN(C(N)=O)C3)n2)CC(F)(F)F)cc1C(F)(F)F. The molecule has 1 aliphatic heterocycles. The largest absolute Gasteiger partial charge is 0.417 e. The Bertz CT molecular complexity index is 1060. The average molecular weight is 490 g/mol. The van der Waals surface area contributed by atoms with E-state index < -0.39 is 48.3 Å². The van der Waals surface area contributed by atoms with E-state index in [-0.39, 0.29) is 24.1 Å². The van der Waals surface area contributed by atoms with E-state index in [4.69, 9.17) is 15.5 Å². The molecule has 1 fully saturated rings. The molecule has 2 amide bonds. The normalized spacial score (nSPS) is 16.9. The molecule has 3 rings (SSSR count). The summed E-state index contributed by atoms with van der Waals surface area (Å²) in [6.07, 6.45) is -7.92. The smallest absolute Gasteiger partial charge is 0.355 e. The first-order chi connectivity index (χ1) is 15.9. The van der Waals surface area contributed by atoms with Crippen LogP contribution in [0.15, 0.2) is 22.7 Å². The fourth-order valence-corrected chi connectivity index (χ4v) is 3.80. The van der Waals surface area contributed by atoms with Gasteiger partial charge in [0, 0.05) is 25.2 Å². The first-order valence-corrected chi connectivity index (χ1v) is 10.1. The summed E-state index contributed by atoms with van der Waals surface area (Å²) in [6.45, 7) is -1.25. The van der Waals surface area contributed by atoms with Gasteiger partial charge >= 0.3 is 18.4 Å². The van der Waals surface area contributed by atoms with Crippen molar-refractivity contribution in [1.82, 2.24) is 15.0 Å². The quantitative estimate of drug-likeness (QED) is 0.616. The lowest BCUT2D eigenvalue weighted by molar-refractivity contribution is -0.137. The molecule has 2 N–H and O–H groups in total. The number of rotatable bonds is 6. The molecule has 0 radical (unpaired) electrons. The van der Waals surface area contributed by atoms with Crippen LogP contribution >= 0.6 is 0 Å². The number of urea groups is 1. The highest BCUT2D eigenvalue weighted by Crippen LogP contribution is 2.35. The zero-order chi connectivity index (χ0) is 25.1. The molecule has 8 nitrogen and oxygen atoms in total. The van der Waals surface area contributed by atoms with Gasteiger partial charge in [0.2, 0.25) is 5.89 Å². The summed E-state index contributed by atoms with van der Waals surface area (Å²) >= 11 is 0. The summed E-state index contributed by atoms with van der Waals surface area (Å²) in [6, 6.07) is 3.14. The Kier molecular flexibility index (Phi) is 7.23. The number of aromatic nitrogens is 2. The van der Waals surface area contributed by atoms with E-state index in [2.05, 4.69) is 10.1 Å².